The quantitative estimate of drug-likeness (QED) is 0.658. The SMILES string of the molecule is C[C@H](CO)N1C[C@H](C)[C@H](CN(C)CC2CCCC2)Oc2ncc(-c3ccc(F)cc3)cc2C1=O. The van der Waals surface area contributed by atoms with Crippen LogP contribution >= 0.6 is 0 Å². The van der Waals surface area contributed by atoms with Gasteiger partial charge in [0, 0.05) is 37.3 Å². The molecule has 1 aromatic heterocycles. The van der Waals surface area contributed by atoms with Gasteiger partial charge < -0.3 is 19.6 Å². The zero-order chi connectivity index (χ0) is 24.2. The first-order valence-corrected chi connectivity index (χ1v) is 12.4. The number of rotatable bonds is 7. The third-order valence-corrected chi connectivity index (χ3v) is 7.23. The second kappa shape index (κ2) is 10.8. The maximum absolute atomic E-state index is 13.6. The topological polar surface area (TPSA) is 65.9 Å². The number of fused-ring (bicyclic) bond motifs is 1. The van der Waals surface area contributed by atoms with E-state index in [0.29, 0.717) is 18.0 Å². The maximum Gasteiger partial charge on any atom is 0.259 e. The summed E-state index contributed by atoms with van der Waals surface area (Å²) >= 11 is 0. The standard InChI is InChI=1S/C27H36FN3O3/c1-18-14-31(19(2)17-32)27(33)24-12-22(21-8-10-23(28)11-9-21)13-29-26(24)34-25(18)16-30(3)15-20-6-4-5-7-20/h8-13,18-20,25,32H,4-7,14-17H2,1-3H3/t18-,19+,25-/m0/s1. The van der Waals surface area contributed by atoms with Crippen molar-refractivity contribution in [1.82, 2.24) is 14.8 Å². The van der Waals surface area contributed by atoms with Crippen LogP contribution < -0.4 is 4.74 Å². The Morgan fingerprint density at radius 1 is 1.21 bits per heavy atom. The molecule has 1 amide bonds. The van der Waals surface area contributed by atoms with E-state index in [9.17, 15) is 14.3 Å². The summed E-state index contributed by atoms with van der Waals surface area (Å²) in [5.41, 5.74) is 1.86. The van der Waals surface area contributed by atoms with Crippen molar-refractivity contribution in [3.05, 3.63) is 47.9 Å². The highest BCUT2D eigenvalue weighted by Gasteiger charge is 2.34. The molecule has 4 rings (SSSR count). The van der Waals surface area contributed by atoms with Crippen LogP contribution in [0.4, 0.5) is 4.39 Å². The van der Waals surface area contributed by atoms with Crippen LogP contribution in [0.5, 0.6) is 5.88 Å². The molecule has 0 saturated heterocycles. The van der Waals surface area contributed by atoms with Gasteiger partial charge in [0.15, 0.2) is 0 Å². The van der Waals surface area contributed by atoms with Crippen LogP contribution in [-0.4, -0.2) is 71.2 Å². The lowest BCUT2D eigenvalue weighted by Crippen LogP contribution is -2.50. The molecule has 7 heteroatoms. The van der Waals surface area contributed by atoms with Crippen molar-refractivity contribution in [2.45, 2.75) is 51.7 Å². The average molecular weight is 470 g/mol. The smallest absolute Gasteiger partial charge is 0.259 e. The van der Waals surface area contributed by atoms with Gasteiger partial charge in [0.05, 0.1) is 12.6 Å². The van der Waals surface area contributed by atoms with E-state index in [1.54, 1.807) is 29.3 Å². The second-order valence-electron chi connectivity index (χ2n) is 10.1. The summed E-state index contributed by atoms with van der Waals surface area (Å²) in [5, 5.41) is 9.85. The first-order chi connectivity index (χ1) is 16.4. The van der Waals surface area contributed by atoms with Gasteiger partial charge in [-0.1, -0.05) is 31.9 Å². The Kier molecular flexibility index (Phi) is 7.84. The maximum atomic E-state index is 13.6. The van der Waals surface area contributed by atoms with Crippen LogP contribution in [0, 0.1) is 17.7 Å². The van der Waals surface area contributed by atoms with Crippen molar-refractivity contribution < 1.29 is 19.0 Å². The van der Waals surface area contributed by atoms with E-state index < -0.39 is 0 Å². The van der Waals surface area contributed by atoms with Gasteiger partial charge in [-0.05, 0) is 56.5 Å². The largest absolute Gasteiger partial charge is 0.472 e. The van der Waals surface area contributed by atoms with E-state index in [4.69, 9.17) is 4.74 Å². The number of hydrogen-bond donors (Lipinski definition) is 1. The number of amides is 1. The molecule has 1 fully saturated rings. The third-order valence-electron chi connectivity index (χ3n) is 7.23. The molecular weight excluding hydrogens is 433 g/mol. The molecule has 1 N–H and O–H groups in total. The van der Waals surface area contributed by atoms with Gasteiger partial charge in [0.1, 0.15) is 17.5 Å². The fraction of sp³-hybridized carbons (Fsp3) is 0.556. The van der Waals surface area contributed by atoms with Gasteiger partial charge in [0.2, 0.25) is 5.88 Å². The zero-order valence-electron chi connectivity index (χ0n) is 20.4. The van der Waals surface area contributed by atoms with Gasteiger partial charge in [-0.2, -0.15) is 0 Å². The third kappa shape index (κ3) is 5.58. The molecule has 0 unspecified atom stereocenters. The van der Waals surface area contributed by atoms with Crippen LogP contribution in [0.1, 0.15) is 49.9 Å². The van der Waals surface area contributed by atoms with Gasteiger partial charge in [-0.25, -0.2) is 9.37 Å². The van der Waals surface area contributed by atoms with Gasteiger partial charge in [0.25, 0.3) is 5.91 Å². The number of carbonyl (C=O) groups is 1. The summed E-state index contributed by atoms with van der Waals surface area (Å²) in [6.07, 6.45) is 6.74. The number of ether oxygens (including phenoxy) is 1. The zero-order valence-corrected chi connectivity index (χ0v) is 20.4. The van der Waals surface area contributed by atoms with Crippen molar-refractivity contribution in [3.8, 4) is 17.0 Å². The number of hydrogen-bond acceptors (Lipinski definition) is 5. The van der Waals surface area contributed by atoms with Crippen molar-refractivity contribution in [2.24, 2.45) is 11.8 Å². The fourth-order valence-corrected chi connectivity index (χ4v) is 5.14. The second-order valence-corrected chi connectivity index (χ2v) is 10.1. The van der Waals surface area contributed by atoms with Crippen LogP contribution in [0.3, 0.4) is 0 Å². The number of likely N-dealkylation sites (N-methyl/N-ethyl adjacent to an activating group) is 1. The van der Waals surface area contributed by atoms with E-state index in [2.05, 4.69) is 23.9 Å². The summed E-state index contributed by atoms with van der Waals surface area (Å²) in [4.78, 5) is 22.2. The molecule has 1 aliphatic carbocycles. The molecule has 2 aromatic rings. The average Bonchev–Trinajstić information content (AvgIpc) is 3.34. The highest BCUT2D eigenvalue weighted by atomic mass is 19.1. The minimum atomic E-state index is -0.327. The predicted molar refractivity (Wildman–Crippen MR) is 130 cm³/mol. The minimum absolute atomic E-state index is 0.0655. The van der Waals surface area contributed by atoms with E-state index in [1.807, 2.05) is 6.92 Å². The van der Waals surface area contributed by atoms with Crippen LogP contribution in [0.2, 0.25) is 0 Å². The number of aromatic nitrogens is 1. The lowest BCUT2D eigenvalue weighted by Gasteiger charge is -2.38. The number of benzene rings is 1. The summed E-state index contributed by atoms with van der Waals surface area (Å²) in [7, 11) is 2.14. The molecule has 0 radical (unpaired) electrons. The molecule has 0 spiro atoms. The van der Waals surface area contributed by atoms with Crippen molar-refractivity contribution in [3.63, 3.8) is 0 Å². The first kappa shape index (κ1) is 24.6. The van der Waals surface area contributed by atoms with Crippen LogP contribution in [0.15, 0.2) is 36.5 Å². The normalized spacial score (nSPS) is 22.3. The molecule has 0 bridgehead atoms. The molecule has 1 saturated carbocycles. The van der Waals surface area contributed by atoms with Crippen LogP contribution in [0.25, 0.3) is 11.1 Å². The highest BCUT2D eigenvalue weighted by molar-refractivity contribution is 5.98. The lowest BCUT2D eigenvalue weighted by molar-refractivity contribution is 0.0320. The molecule has 1 aromatic carbocycles. The summed E-state index contributed by atoms with van der Waals surface area (Å²) < 4.78 is 19.8. The number of aliphatic hydroxyl groups excluding tert-OH is 1. The van der Waals surface area contributed by atoms with E-state index >= 15 is 0 Å². The Balaban J connectivity index is 1.64. The van der Waals surface area contributed by atoms with Gasteiger partial charge >= 0.3 is 0 Å². The van der Waals surface area contributed by atoms with Crippen molar-refractivity contribution in [1.29, 1.82) is 0 Å². The first-order valence-electron chi connectivity index (χ1n) is 12.4. The molecule has 34 heavy (non-hydrogen) atoms. The molecule has 184 valence electrons. The molecule has 6 nitrogen and oxygen atoms in total. The number of nitrogens with zero attached hydrogens (tertiary/aromatic N) is 3. The van der Waals surface area contributed by atoms with E-state index in [1.165, 1.54) is 37.8 Å². The lowest BCUT2D eigenvalue weighted by atomic mass is 9.98. The van der Waals surface area contributed by atoms with Crippen molar-refractivity contribution >= 4 is 5.91 Å². The Hall–Kier alpha value is -2.51. The van der Waals surface area contributed by atoms with Gasteiger partial charge in [-0.3, -0.25) is 4.79 Å². The van der Waals surface area contributed by atoms with Gasteiger partial charge in [-0.15, -0.1) is 0 Å². The van der Waals surface area contributed by atoms with Crippen LogP contribution in [-0.2, 0) is 0 Å². The van der Waals surface area contributed by atoms with E-state index in [0.717, 1.165) is 30.1 Å². The monoisotopic (exact) mass is 469 g/mol. The van der Waals surface area contributed by atoms with Crippen molar-refractivity contribution in [2.75, 3.05) is 33.3 Å². The number of aliphatic hydroxyl groups is 1. The summed E-state index contributed by atoms with van der Waals surface area (Å²) in [6.45, 7) is 6.11. The Bertz CT molecular complexity index is 978. The Labute approximate surface area is 201 Å². The Morgan fingerprint density at radius 3 is 2.59 bits per heavy atom. The summed E-state index contributed by atoms with van der Waals surface area (Å²) in [5.74, 6) is 0.596. The molecule has 2 heterocycles. The minimum Gasteiger partial charge on any atom is -0.472 e. The van der Waals surface area contributed by atoms with E-state index in [-0.39, 0.29) is 36.4 Å². The number of carbonyl (C=O) groups excluding carboxylic acids is 1. The summed E-state index contributed by atoms with van der Waals surface area (Å²) in [6, 6.07) is 7.57. The Morgan fingerprint density at radius 2 is 1.91 bits per heavy atom. The molecular formula is C27H36FN3O3. The fourth-order valence-electron chi connectivity index (χ4n) is 5.14. The number of pyridine rings is 1. The predicted octanol–water partition coefficient (Wildman–Crippen LogP) is 4.23. The number of halogens is 1. The molecule has 1 aliphatic heterocycles. The molecule has 2 aliphatic rings. The molecule has 3 atom stereocenters. The highest BCUT2D eigenvalue weighted by Crippen LogP contribution is 2.31.